The van der Waals surface area contributed by atoms with Gasteiger partial charge in [0.25, 0.3) is 0 Å². The molecular formula is C10H6BrClN2O3. The van der Waals surface area contributed by atoms with E-state index < -0.39 is 5.97 Å². The Kier molecular flexibility index (Phi) is 3.44. The summed E-state index contributed by atoms with van der Waals surface area (Å²) >= 11 is 9.20. The van der Waals surface area contributed by atoms with Gasteiger partial charge in [0, 0.05) is 15.1 Å². The summed E-state index contributed by atoms with van der Waals surface area (Å²) in [6.07, 6.45) is 0. The topological polar surface area (TPSA) is 65.2 Å². The van der Waals surface area contributed by atoms with Crippen LogP contribution in [-0.2, 0) is 4.74 Å². The first-order valence-corrected chi connectivity index (χ1v) is 5.66. The number of halogens is 2. The maximum atomic E-state index is 11.2. The van der Waals surface area contributed by atoms with Gasteiger partial charge in [-0.3, -0.25) is 0 Å². The normalized spacial score (nSPS) is 10.3. The van der Waals surface area contributed by atoms with E-state index in [-0.39, 0.29) is 11.7 Å². The number of carbonyl (C=O) groups is 1. The lowest BCUT2D eigenvalue weighted by atomic mass is 10.2. The van der Waals surface area contributed by atoms with Crippen molar-refractivity contribution in [2.24, 2.45) is 0 Å². The lowest BCUT2D eigenvalue weighted by Gasteiger charge is -1.98. The second-order valence-corrected chi connectivity index (χ2v) is 4.33. The molecule has 2 rings (SSSR count). The monoisotopic (exact) mass is 316 g/mol. The maximum absolute atomic E-state index is 11.2. The van der Waals surface area contributed by atoms with E-state index in [4.69, 9.17) is 16.1 Å². The minimum absolute atomic E-state index is 0.200. The van der Waals surface area contributed by atoms with Crippen LogP contribution in [0.25, 0.3) is 11.4 Å². The highest BCUT2D eigenvalue weighted by atomic mass is 79.9. The Morgan fingerprint density at radius 3 is 3.00 bits per heavy atom. The summed E-state index contributed by atoms with van der Waals surface area (Å²) in [5, 5.41) is 4.22. The van der Waals surface area contributed by atoms with E-state index in [1.807, 2.05) is 0 Å². The zero-order valence-electron chi connectivity index (χ0n) is 8.61. The van der Waals surface area contributed by atoms with Gasteiger partial charge in [-0.2, -0.15) is 4.98 Å². The predicted molar refractivity (Wildman–Crippen MR) is 63.8 cm³/mol. The molecule has 88 valence electrons. The Balaban J connectivity index is 2.43. The largest absolute Gasteiger partial charge is 0.462 e. The quantitative estimate of drug-likeness (QED) is 0.797. The number of hydrogen-bond acceptors (Lipinski definition) is 5. The number of esters is 1. The molecule has 0 saturated carbocycles. The van der Waals surface area contributed by atoms with Crippen LogP contribution in [0.4, 0.5) is 0 Å². The summed E-state index contributed by atoms with van der Waals surface area (Å²) in [5.41, 5.74) is 0.636. The van der Waals surface area contributed by atoms with Gasteiger partial charge < -0.3 is 9.26 Å². The average Bonchev–Trinajstić information content (AvgIpc) is 2.80. The van der Waals surface area contributed by atoms with Gasteiger partial charge in [0.05, 0.1) is 7.11 Å². The molecule has 0 aliphatic carbocycles. The molecule has 7 heteroatoms. The number of methoxy groups -OCH3 is 1. The minimum Gasteiger partial charge on any atom is -0.462 e. The molecule has 0 fully saturated rings. The van der Waals surface area contributed by atoms with Crippen molar-refractivity contribution in [3.8, 4) is 11.4 Å². The first kappa shape index (κ1) is 12.1. The van der Waals surface area contributed by atoms with Crippen LogP contribution in [0, 0.1) is 0 Å². The van der Waals surface area contributed by atoms with E-state index in [1.54, 1.807) is 18.2 Å². The molecule has 5 nitrogen and oxygen atoms in total. The molecule has 0 radical (unpaired) electrons. The summed E-state index contributed by atoms with van der Waals surface area (Å²) in [6, 6.07) is 5.14. The molecule has 0 unspecified atom stereocenters. The first-order valence-electron chi connectivity index (χ1n) is 4.49. The van der Waals surface area contributed by atoms with E-state index >= 15 is 0 Å². The van der Waals surface area contributed by atoms with Crippen molar-refractivity contribution < 1.29 is 14.1 Å². The molecule has 1 heterocycles. The van der Waals surface area contributed by atoms with Gasteiger partial charge in [-0.05, 0) is 18.2 Å². The SMILES string of the molecule is COC(=O)c1nc(-c2cc(Cl)ccc2Br)no1. The van der Waals surface area contributed by atoms with Crippen LogP contribution >= 0.6 is 27.5 Å². The van der Waals surface area contributed by atoms with E-state index in [0.717, 1.165) is 4.47 Å². The molecule has 0 aliphatic heterocycles. The summed E-state index contributed by atoms with van der Waals surface area (Å²) in [6.45, 7) is 0. The summed E-state index contributed by atoms with van der Waals surface area (Å²) in [4.78, 5) is 15.1. The van der Waals surface area contributed by atoms with E-state index in [9.17, 15) is 4.79 Å². The molecule has 0 aliphatic rings. The van der Waals surface area contributed by atoms with Crippen molar-refractivity contribution in [1.82, 2.24) is 10.1 Å². The van der Waals surface area contributed by atoms with Gasteiger partial charge in [-0.1, -0.05) is 32.7 Å². The van der Waals surface area contributed by atoms with E-state index in [0.29, 0.717) is 10.6 Å². The summed E-state index contributed by atoms with van der Waals surface area (Å²) < 4.78 is 9.98. The van der Waals surface area contributed by atoms with Crippen LogP contribution < -0.4 is 0 Å². The maximum Gasteiger partial charge on any atom is 0.397 e. The molecule has 17 heavy (non-hydrogen) atoms. The molecule has 1 aromatic heterocycles. The highest BCUT2D eigenvalue weighted by molar-refractivity contribution is 9.10. The van der Waals surface area contributed by atoms with Crippen LogP contribution in [0.3, 0.4) is 0 Å². The highest BCUT2D eigenvalue weighted by Gasteiger charge is 2.17. The zero-order valence-corrected chi connectivity index (χ0v) is 10.9. The van der Waals surface area contributed by atoms with Gasteiger partial charge >= 0.3 is 11.9 Å². The van der Waals surface area contributed by atoms with Crippen LogP contribution in [0.15, 0.2) is 27.2 Å². The average molecular weight is 318 g/mol. The fourth-order valence-electron chi connectivity index (χ4n) is 1.17. The fraction of sp³-hybridized carbons (Fsp3) is 0.100. The Morgan fingerprint density at radius 1 is 1.53 bits per heavy atom. The lowest BCUT2D eigenvalue weighted by Crippen LogP contribution is -2.00. The van der Waals surface area contributed by atoms with E-state index in [2.05, 4.69) is 30.8 Å². The number of ether oxygens (including phenoxy) is 1. The molecule has 2 aromatic rings. The number of benzene rings is 1. The van der Waals surface area contributed by atoms with Crippen LogP contribution in [0.5, 0.6) is 0 Å². The third-order valence-corrected chi connectivity index (χ3v) is 2.88. The van der Waals surface area contributed by atoms with Gasteiger partial charge in [0.15, 0.2) is 0 Å². The standard InChI is InChI=1S/C10H6BrClN2O3/c1-16-10(15)9-13-8(14-17-9)6-4-5(12)2-3-7(6)11/h2-4H,1H3. The van der Waals surface area contributed by atoms with E-state index in [1.165, 1.54) is 7.11 Å². The fourth-order valence-corrected chi connectivity index (χ4v) is 1.77. The van der Waals surface area contributed by atoms with Gasteiger partial charge in [0.1, 0.15) is 0 Å². The number of rotatable bonds is 2. The van der Waals surface area contributed by atoms with Gasteiger partial charge in [-0.25, -0.2) is 4.79 Å². The Hall–Kier alpha value is -1.40. The lowest BCUT2D eigenvalue weighted by molar-refractivity contribution is 0.0545. The van der Waals surface area contributed by atoms with Crippen molar-refractivity contribution in [2.45, 2.75) is 0 Å². The second-order valence-electron chi connectivity index (χ2n) is 3.04. The summed E-state index contributed by atoms with van der Waals surface area (Å²) in [7, 11) is 1.24. The Bertz CT molecular complexity index is 570. The van der Waals surface area contributed by atoms with Crippen LogP contribution in [0.1, 0.15) is 10.7 Å². The van der Waals surface area contributed by atoms with Crippen molar-refractivity contribution in [2.75, 3.05) is 7.11 Å². The number of hydrogen-bond donors (Lipinski definition) is 0. The third kappa shape index (κ3) is 2.48. The molecule has 0 N–H and O–H groups in total. The molecule has 0 amide bonds. The molecule has 0 bridgehead atoms. The van der Waals surface area contributed by atoms with Crippen LogP contribution in [-0.4, -0.2) is 23.2 Å². The second kappa shape index (κ2) is 4.85. The molecular weight excluding hydrogens is 311 g/mol. The van der Waals surface area contributed by atoms with Crippen molar-refractivity contribution in [1.29, 1.82) is 0 Å². The highest BCUT2D eigenvalue weighted by Crippen LogP contribution is 2.28. The number of aromatic nitrogens is 2. The van der Waals surface area contributed by atoms with Crippen molar-refractivity contribution >= 4 is 33.5 Å². The Labute approximate surface area is 110 Å². The third-order valence-electron chi connectivity index (χ3n) is 1.96. The van der Waals surface area contributed by atoms with Crippen molar-refractivity contribution in [3.63, 3.8) is 0 Å². The molecule has 1 aromatic carbocycles. The number of carbonyl (C=O) groups excluding carboxylic acids is 1. The molecule has 0 saturated heterocycles. The number of nitrogens with zero attached hydrogens (tertiary/aromatic N) is 2. The van der Waals surface area contributed by atoms with Crippen molar-refractivity contribution in [3.05, 3.63) is 33.6 Å². The molecule has 0 spiro atoms. The smallest absolute Gasteiger partial charge is 0.397 e. The minimum atomic E-state index is -0.679. The Morgan fingerprint density at radius 2 is 2.29 bits per heavy atom. The van der Waals surface area contributed by atoms with Gasteiger partial charge in [0.2, 0.25) is 5.82 Å². The summed E-state index contributed by atoms with van der Waals surface area (Å²) in [5.74, 6) is -0.615. The van der Waals surface area contributed by atoms with Crippen LogP contribution in [0.2, 0.25) is 5.02 Å². The molecule has 0 atom stereocenters. The predicted octanol–water partition coefficient (Wildman–Crippen LogP) is 2.94. The first-order chi connectivity index (χ1) is 8.11. The van der Waals surface area contributed by atoms with Gasteiger partial charge in [-0.15, -0.1) is 0 Å². The zero-order chi connectivity index (χ0) is 12.4.